The van der Waals surface area contributed by atoms with Crippen LogP contribution in [-0.2, 0) is 6.54 Å². The summed E-state index contributed by atoms with van der Waals surface area (Å²) in [7, 11) is 2.19. The van der Waals surface area contributed by atoms with Crippen LogP contribution in [0, 0.1) is 0 Å². The number of piperazine rings is 1. The number of H-pyrrole nitrogens is 2. The standard InChI is InChI=1S/C34H36N6/c1-24(27-11-9-26(10-12-27)23-40-18-16-39(3)17-19-40)36-29-6-4-7-30(20-29)38-31-13-14-34-33(22-31)32(25(2)37-34)21-28-8-5-15-35-28/h4-15,20-22,35-38H,1-2,16-19,23H2,3H3/b32-21+. The van der Waals surface area contributed by atoms with Crippen LogP contribution < -0.4 is 21.2 Å². The van der Waals surface area contributed by atoms with Crippen molar-refractivity contribution in [1.82, 2.24) is 19.8 Å². The lowest BCUT2D eigenvalue weighted by atomic mass is 10.1. The second-order valence-corrected chi connectivity index (χ2v) is 10.6. The molecule has 6 heteroatoms. The summed E-state index contributed by atoms with van der Waals surface area (Å²) in [6.07, 6.45) is 4.05. The predicted octanol–water partition coefficient (Wildman–Crippen LogP) is 5.31. The average Bonchev–Trinajstić information content (AvgIpc) is 3.58. The first-order chi connectivity index (χ1) is 19.5. The van der Waals surface area contributed by atoms with Gasteiger partial charge in [0.15, 0.2) is 0 Å². The highest BCUT2D eigenvalue weighted by Crippen LogP contribution is 2.24. The second-order valence-electron chi connectivity index (χ2n) is 10.6. The lowest BCUT2D eigenvalue weighted by Crippen LogP contribution is -2.43. The summed E-state index contributed by atoms with van der Waals surface area (Å²) in [5.41, 5.74) is 8.42. The molecule has 202 valence electrons. The lowest BCUT2D eigenvalue weighted by molar-refractivity contribution is 0.148. The van der Waals surface area contributed by atoms with Crippen LogP contribution in [0.1, 0.15) is 16.8 Å². The average molecular weight is 529 g/mol. The van der Waals surface area contributed by atoms with Gasteiger partial charge in [-0.2, -0.15) is 0 Å². The van der Waals surface area contributed by atoms with Gasteiger partial charge in [0.2, 0.25) is 0 Å². The normalized spacial score (nSPS) is 15.0. The Labute approximate surface area is 235 Å². The Balaban J connectivity index is 1.13. The minimum atomic E-state index is 0.879. The van der Waals surface area contributed by atoms with Gasteiger partial charge in [-0.15, -0.1) is 0 Å². The zero-order chi connectivity index (χ0) is 27.5. The molecule has 0 radical (unpaired) electrons. The van der Waals surface area contributed by atoms with Crippen LogP contribution in [-0.4, -0.2) is 53.0 Å². The number of likely N-dealkylation sites (N-methyl/N-ethyl adjacent to an activating group) is 1. The predicted molar refractivity (Wildman–Crippen MR) is 169 cm³/mol. The number of benzene rings is 3. The largest absolute Gasteiger partial charge is 0.362 e. The number of hydrogen-bond donors (Lipinski definition) is 4. The number of aromatic nitrogens is 2. The van der Waals surface area contributed by atoms with Gasteiger partial charge in [0.05, 0.1) is 0 Å². The molecule has 0 aliphatic carbocycles. The van der Waals surface area contributed by atoms with Crippen LogP contribution in [0.3, 0.4) is 0 Å². The summed E-state index contributed by atoms with van der Waals surface area (Å²) in [5.74, 6) is 0. The first kappa shape index (κ1) is 25.7. The van der Waals surface area contributed by atoms with Crippen LogP contribution in [0.2, 0.25) is 0 Å². The van der Waals surface area contributed by atoms with E-state index in [1.54, 1.807) is 0 Å². The molecule has 3 aromatic carbocycles. The van der Waals surface area contributed by atoms with Crippen molar-refractivity contribution in [2.75, 3.05) is 43.9 Å². The van der Waals surface area contributed by atoms with Crippen LogP contribution in [0.25, 0.3) is 29.3 Å². The number of aromatic amines is 2. The van der Waals surface area contributed by atoms with Gasteiger partial charge < -0.3 is 25.5 Å². The fourth-order valence-corrected chi connectivity index (χ4v) is 5.26. The molecule has 0 spiro atoms. The molecule has 40 heavy (non-hydrogen) atoms. The topological polar surface area (TPSA) is 62.1 Å². The van der Waals surface area contributed by atoms with Crippen molar-refractivity contribution < 1.29 is 0 Å². The third-order valence-electron chi connectivity index (χ3n) is 7.59. The van der Waals surface area contributed by atoms with E-state index in [1.807, 2.05) is 18.3 Å². The molecule has 1 aliphatic rings. The molecule has 0 bridgehead atoms. The van der Waals surface area contributed by atoms with Crippen molar-refractivity contribution in [2.45, 2.75) is 6.54 Å². The summed E-state index contributed by atoms with van der Waals surface area (Å²) in [6.45, 7) is 14.0. The van der Waals surface area contributed by atoms with E-state index in [2.05, 4.69) is 123 Å². The molecular weight excluding hydrogens is 492 g/mol. The molecule has 5 aromatic rings. The summed E-state index contributed by atoms with van der Waals surface area (Å²) in [5, 5.41) is 10.2. The van der Waals surface area contributed by atoms with E-state index >= 15 is 0 Å². The Morgan fingerprint density at radius 1 is 0.900 bits per heavy atom. The van der Waals surface area contributed by atoms with Gasteiger partial charge in [0.25, 0.3) is 0 Å². The smallest absolute Gasteiger partial charge is 0.0466 e. The number of nitrogens with zero attached hydrogens (tertiary/aromatic N) is 2. The van der Waals surface area contributed by atoms with E-state index < -0.39 is 0 Å². The Kier molecular flexibility index (Phi) is 7.27. The van der Waals surface area contributed by atoms with E-state index in [1.165, 1.54) is 5.56 Å². The zero-order valence-electron chi connectivity index (χ0n) is 23.0. The third kappa shape index (κ3) is 5.88. The first-order valence-electron chi connectivity index (χ1n) is 13.8. The van der Waals surface area contributed by atoms with Crippen molar-refractivity contribution in [3.8, 4) is 0 Å². The molecule has 1 aliphatic heterocycles. The maximum atomic E-state index is 4.30. The molecule has 0 saturated carbocycles. The van der Waals surface area contributed by atoms with E-state index in [0.717, 1.165) is 88.2 Å². The van der Waals surface area contributed by atoms with Gasteiger partial charge in [0, 0.05) is 88.8 Å². The maximum Gasteiger partial charge on any atom is 0.0466 e. The van der Waals surface area contributed by atoms with E-state index in [0.29, 0.717) is 0 Å². The Bertz CT molecular complexity index is 1720. The van der Waals surface area contributed by atoms with Crippen molar-refractivity contribution in [3.63, 3.8) is 0 Å². The first-order valence-corrected chi connectivity index (χ1v) is 13.8. The number of rotatable bonds is 8. The highest BCUT2D eigenvalue weighted by Gasteiger charge is 2.14. The van der Waals surface area contributed by atoms with Crippen molar-refractivity contribution in [2.24, 2.45) is 0 Å². The lowest BCUT2D eigenvalue weighted by Gasteiger charge is -2.32. The van der Waals surface area contributed by atoms with Crippen LogP contribution in [0.4, 0.5) is 17.1 Å². The van der Waals surface area contributed by atoms with Gasteiger partial charge in [0.1, 0.15) is 0 Å². The third-order valence-corrected chi connectivity index (χ3v) is 7.59. The minimum absolute atomic E-state index is 0.879. The highest BCUT2D eigenvalue weighted by molar-refractivity contribution is 5.86. The zero-order valence-corrected chi connectivity index (χ0v) is 23.0. The number of fused-ring (bicyclic) bond motifs is 1. The highest BCUT2D eigenvalue weighted by atomic mass is 15.2. The van der Waals surface area contributed by atoms with E-state index in [9.17, 15) is 0 Å². The molecule has 0 amide bonds. The Morgan fingerprint density at radius 2 is 1.68 bits per heavy atom. The van der Waals surface area contributed by atoms with Crippen LogP contribution in [0.15, 0.2) is 91.6 Å². The van der Waals surface area contributed by atoms with Gasteiger partial charge in [-0.1, -0.05) is 43.5 Å². The molecule has 4 N–H and O–H groups in total. The summed E-state index contributed by atoms with van der Waals surface area (Å²) < 4.78 is 0. The van der Waals surface area contributed by atoms with Gasteiger partial charge in [-0.3, -0.25) is 4.90 Å². The van der Waals surface area contributed by atoms with Gasteiger partial charge >= 0.3 is 0 Å². The molecule has 3 heterocycles. The van der Waals surface area contributed by atoms with E-state index in [-0.39, 0.29) is 0 Å². The fourth-order valence-electron chi connectivity index (χ4n) is 5.26. The van der Waals surface area contributed by atoms with Gasteiger partial charge in [-0.25, -0.2) is 0 Å². The van der Waals surface area contributed by atoms with Gasteiger partial charge in [-0.05, 0) is 72.8 Å². The maximum absolute atomic E-state index is 4.30. The quantitative estimate of drug-likeness (QED) is 0.221. The molecule has 2 aromatic heterocycles. The summed E-state index contributed by atoms with van der Waals surface area (Å²) in [4.78, 5) is 11.5. The monoisotopic (exact) mass is 528 g/mol. The Morgan fingerprint density at radius 3 is 2.45 bits per heavy atom. The van der Waals surface area contributed by atoms with Crippen LogP contribution >= 0.6 is 0 Å². The second kappa shape index (κ2) is 11.3. The number of nitrogens with one attached hydrogen (secondary N) is 4. The molecule has 6 nitrogen and oxygen atoms in total. The fraction of sp³-hybridized carbons (Fsp3) is 0.176. The van der Waals surface area contributed by atoms with Crippen LogP contribution in [0.5, 0.6) is 0 Å². The molecule has 1 saturated heterocycles. The van der Waals surface area contributed by atoms with Crippen molar-refractivity contribution >= 4 is 46.3 Å². The minimum Gasteiger partial charge on any atom is -0.362 e. The number of hydrogen-bond acceptors (Lipinski definition) is 4. The SMILES string of the molecule is C=C(Nc1cccc(Nc2ccc3[nH]c(=C)/c(=C\c4ccc[nH]4)c3c2)c1)c1ccc(CN2CCN(C)CC2)cc1. The summed E-state index contributed by atoms with van der Waals surface area (Å²) >= 11 is 0. The van der Waals surface area contributed by atoms with Crippen molar-refractivity contribution in [1.29, 1.82) is 0 Å². The molecule has 1 fully saturated rings. The molecule has 0 unspecified atom stereocenters. The van der Waals surface area contributed by atoms with Crippen molar-refractivity contribution in [3.05, 3.63) is 119 Å². The molecule has 6 rings (SSSR count). The molecule has 0 atom stereocenters. The van der Waals surface area contributed by atoms with E-state index in [4.69, 9.17) is 0 Å². The molecular formula is C34H36N6. The summed E-state index contributed by atoms with van der Waals surface area (Å²) in [6, 6.07) is 27.4. The Hall–Kier alpha value is -4.52. The number of anilines is 3.